The van der Waals surface area contributed by atoms with Crippen molar-refractivity contribution < 1.29 is 4.79 Å². The Morgan fingerprint density at radius 2 is 1.24 bits per heavy atom. The van der Waals surface area contributed by atoms with Crippen LogP contribution < -0.4 is 0 Å². The van der Waals surface area contributed by atoms with Gasteiger partial charge in [-0.15, -0.1) is 0 Å². The number of likely N-dealkylation sites (tertiary alicyclic amines) is 1. The molecule has 0 atom stereocenters. The summed E-state index contributed by atoms with van der Waals surface area (Å²) in [6, 6.07) is 0. The van der Waals surface area contributed by atoms with Crippen LogP contribution in [0, 0.1) is 0 Å². The van der Waals surface area contributed by atoms with Gasteiger partial charge in [-0.1, -0.05) is 50.5 Å². The van der Waals surface area contributed by atoms with E-state index in [2.05, 4.69) is 36.1 Å². The molecule has 2 heteroatoms. The van der Waals surface area contributed by atoms with Crippen LogP contribution >= 0.6 is 0 Å². The van der Waals surface area contributed by atoms with E-state index in [9.17, 15) is 4.79 Å². The Kier molecular flexibility index (Phi) is 14.4. The first kappa shape index (κ1) is 22.0. The Hall–Kier alpha value is -1.05. The topological polar surface area (TPSA) is 20.3 Å². The van der Waals surface area contributed by atoms with Crippen LogP contribution in [0.25, 0.3) is 0 Å². The van der Waals surface area contributed by atoms with Gasteiger partial charge in [-0.2, -0.15) is 0 Å². The zero-order valence-electron chi connectivity index (χ0n) is 16.7. The van der Waals surface area contributed by atoms with Crippen LogP contribution in [0.3, 0.4) is 0 Å². The molecule has 144 valence electrons. The summed E-state index contributed by atoms with van der Waals surface area (Å²) in [6.45, 7) is 4.19. The smallest absolute Gasteiger partial charge is 0.222 e. The minimum atomic E-state index is 0.396. The van der Waals surface area contributed by atoms with Gasteiger partial charge in [-0.05, 0) is 70.6 Å². The van der Waals surface area contributed by atoms with Crippen LogP contribution in [0.2, 0.25) is 0 Å². The monoisotopic (exact) mass is 347 g/mol. The summed E-state index contributed by atoms with van der Waals surface area (Å²) < 4.78 is 0. The van der Waals surface area contributed by atoms with Crippen molar-refractivity contribution in [2.24, 2.45) is 0 Å². The highest BCUT2D eigenvalue weighted by atomic mass is 16.2. The Labute approximate surface area is 156 Å². The highest BCUT2D eigenvalue weighted by Crippen LogP contribution is 2.13. The van der Waals surface area contributed by atoms with E-state index >= 15 is 0 Å². The van der Waals surface area contributed by atoms with E-state index in [4.69, 9.17) is 0 Å². The molecule has 2 nitrogen and oxygen atoms in total. The maximum Gasteiger partial charge on any atom is 0.222 e. The third-order valence-electron chi connectivity index (χ3n) is 5.03. The molecule has 1 fully saturated rings. The van der Waals surface area contributed by atoms with E-state index in [1.54, 1.807) is 0 Å². The number of piperidine rings is 1. The molecule has 1 amide bonds. The summed E-state index contributed by atoms with van der Waals surface area (Å²) in [5.74, 6) is 0.396. The molecule has 0 bridgehead atoms. The van der Waals surface area contributed by atoms with Crippen LogP contribution in [0.1, 0.15) is 103 Å². The highest BCUT2D eigenvalue weighted by Gasteiger charge is 2.15. The molecule has 0 aliphatic carbocycles. The maximum atomic E-state index is 12.0. The Bertz CT molecular complexity index is 366. The van der Waals surface area contributed by atoms with Gasteiger partial charge in [0.25, 0.3) is 0 Å². The van der Waals surface area contributed by atoms with E-state index < -0.39 is 0 Å². The van der Waals surface area contributed by atoms with Crippen molar-refractivity contribution in [3.8, 4) is 0 Å². The number of carbonyl (C=O) groups excluding carboxylic acids is 1. The van der Waals surface area contributed by atoms with E-state index in [-0.39, 0.29) is 0 Å². The lowest BCUT2D eigenvalue weighted by Gasteiger charge is -2.26. The molecule has 1 saturated heterocycles. The van der Waals surface area contributed by atoms with Crippen LogP contribution in [-0.4, -0.2) is 23.9 Å². The fraction of sp³-hybridized carbons (Fsp3) is 0.783. The number of amides is 1. The van der Waals surface area contributed by atoms with Gasteiger partial charge in [0.05, 0.1) is 0 Å². The van der Waals surface area contributed by atoms with Gasteiger partial charge in [0.1, 0.15) is 0 Å². The number of nitrogens with zero attached hydrogens (tertiary/aromatic N) is 1. The summed E-state index contributed by atoms with van der Waals surface area (Å²) in [4.78, 5) is 14.1. The highest BCUT2D eigenvalue weighted by molar-refractivity contribution is 5.76. The molecule has 25 heavy (non-hydrogen) atoms. The molecule has 0 spiro atoms. The van der Waals surface area contributed by atoms with Gasteiger partial charge in [-0.25, -0.2) is 0 Å². The van der Waals surface area contributed by atoms with E-state index in [1.807, 2.05) is 0 Å². The molecule has 1 aliphatic heterocycles. The lowest BCUT2D eigenvalue weighted by Crippen LogP contribution is -2.35. The normalized spacial score (nSPS) is 15.5. The van der Waals surface area contributed by atoms with Crippen molar-refractivity contribution in [3.63, 3.8) is 0 Å². The van der Waals surface area contributed by atoms with Crippen molar-refractivity contribution in [2.45, 2.75) is 103 Å². The van der Waals surface area contributed by atoms with Gasteiger partial charge in [-0.3, -0.25) is 4.79 Å². The van der Waals surface area contributed by atoms with Gasteiger partial charge < -0.3 is 4.90 Å². The first-order valence-corrected chi connectivity index (χ1v) is 10.9. The molecule has 0 unspecified atom stereocenters. The predicted molar refractivity (Wildman–Crippen MR) is 110 cm³/mol. The van der Waals surface area contributed by atoms with Crippen molar-refractivity contribution in [1.82, 2.24) is 4.90 Å². The van der Waals surface area contributed by atoms with E-state index in [0.717, 1.165) is 32.4 Å². The van der Waals surface area contributed by atoms with Crippen LogP contribution in [0.4, 0.5) is 0 Å². The van der Waals surface area contributed by atoms with E-state index in [0.29, 0.717) is 5.91 Å². The molecule has 0 saturated carbocycles. The first-order valence-electron chi connectivity index (χ1n) is 10.9. The molecule has 0 radical (unpaired) electrons. The Morgan fingerprint density at radius 1 is 0.720 bits per heavy atom. The van der Waals surface area contributed by atoms with Crippen LogP contribution in [-0.2, 0) is 4.79 Å². The predicted octanol–water partition coefficient (Wildman–Crippen LogP) is 6.81. The Balaban J connectivity index is 1.81. The summed E-state index contributed by atoms with van der Waals surface area (Å²) in [7, 11) is 0. The molecule has 1 heterocycles. The molecule has 1 aliphatic rings. The first-order chi connectivity index (χ1) is 12.3. The molecule has 1 rings (SSSR count). The van der Waals surface area contributed by atoms with Gasteiger partial charge in [0.2, 0.25) is 5.91 Å². The summed E-state index contributed by atoms with van der Waals surface area (Å²) in [5, 5.41) is 0. The van der Waals surface area contributed by atoms with Crippen molar-refractivity contribution in [2.75, 3.05) is 13.1 Å². The quantitative estimate of drug-likeness (QED) is 0.249. The molecular weight excluding hydrogens is 306 g/mol. The average Bonchev–Trinajstić information content (AvgIpc) is 2.65. The van der Waals surface area contributed by atoms with Crippen molar-refractivity contribution in [1.29, 1.82) is 0 Å². The average molecular weight is 348 g/mol. The summed E-state index contributed by atoms with van der Waals surface area (Å²) >= 11 is 0. The number of allylic oxidation sites excluding steroid dienone is 4. The third-order valence-corrected chi connectivity index (χ3v) is 5.03. The molecule has 0 aromatic rings. The number of rotatable bonds is 14. The van der Waals surface area contributed by atoms with E-state index in [1.165, 1.54) is 77.0 Å². The fourth-order valence-electron chi connectivity index (χ4n) is 3.41. The second kappa shape index (κ2) is 16.4. The second-order valence-corrected chi connectivity index (χ2v) is 7.38. The summed E-state index contributed by atoms with van der Waals surface area (Å²) in [6.07, 6.45) is 27.5. The molecule has 0 aromatic carbocycles. The third kappa shape index (κ3) is 12.9. The number of unbranched alkanes of at least 4 members (excludes halogenated alkanes) is 8. The molecule has 0 N–H and O–H groups in total. The fourth-order valence-corrected chi connectivity index (χ4v) is 3.41. The van der Waals surface area contributed by atoms with Crippen molar-refractivity contribution in [3.05, 3.63) is 24.3 Å². The minimum absolute atomic E-state index is 0.396. The van der Waals surface area contributed by atoms with Crippen LogP contribution in [0.5, 0.6) is 0 Å². The Morgan fingerprint density at radius 3 is 1.88 bits per heavy atom. The lowest BCUT2D eigenvalue weighted by molar-refractivity contribution is -0.132. The molecule has 0 aromatic heterocycles. The standard InChI is InChI=1S/C23H41NO/c1-2-3-4-5-6-7-8-9-10-11-12-13-14-15-17-20-23(25)24-21-18-16-19-22-24/h3-4,9-10H,2,5-8,11-22H2,1H3/b4-3+,10-9+. The van der Waals surface area contributed by atoms with Gasteiger partial charge in [0.15, 0.2) is 0 Å². The second-order valence-electron chi connectivity index (χ2n) is 7.38. The SMILES string of the molecule is CC/C=C/CCCC/C=C/CCCCCCCC(=O)N1CCCCC1. The zero-order chi connectivity index (χ0) is 18.0. The minimum Gasteiger partial charge on any atom is -0.343 e. The number of carbonyl (C=O) groups is 1. The summed E-state index contributed by atoms with van der Waals surface area (Å²) in [5.41, 5.74) is 0. The van der Waals surface area contributed by atoms with Crippen molar-refractivity contribution >= 4 is 5.91 Å². The zero-order valence-corrected chi connectivity index (χ0v) is 16.7. The van der Waals surface area contributed by atoms with Crippen LogP contribution in [0.15, 0.2) is 24.3 Å². The maximum absolute atomic E-state index is 12.0. The number of hydrogen-bond donors (Lipinski definition) is 0. The largest absolute Gasteiger partial charge is 0.343 e. The molecular formula is C23H41NO. The van der Waals surface area contributed by atoms with Gasteiger partial charge in [0, 0.05) is 19.5 Å². The lowest BCUT2D eigenvalue weighted by atomic mass is 10.1. The van der Waals surface area contributed by atoms with Gasteiger partial charge >= 0.3 is 0 Å². The number of hydrogen-bond acceptors (Lipinski definition) is 1.